The lowest BCUT2D eigenvalue weighted by Crippen LogP contribution is -2.15. The Bertz CT molecular complexity index is 1110. The van der Waals surface area contributed by atoms with Crippen molar-refractivity contribution in [2.45, 2.75) is 42.2 Å². The number of carbonyl (C=O) groups excluding carboxylic acids is 1. The Hall–Kier alpha value is -2.65. The van der Waals surface area contributed by atoms with E-state index in [1.807, 2.05) is 24.3 Å². The lowest BCUT2D eigenvalue weighted by Gasteiger charge is -2.08. The van der Waals surface area contributed by atoms with Gasteiger partial charge in [0.2, 0.25) is 5.89 Å². The molecule has 0 fully saturated rings. The minimum Gasteiger partial charge on any atom is -0.407 e. The first-order chi connectivity index (χ1) is 14.3. The number of sulfone groups is 1. The van der Waals surface area contributed by atoms with Crippen molar-refractivity contribution in [3.63, 3.8) is 0 Å². The van der Waals surface area contributed by atoms with Crippen molar-refractivity contribution in [2.24, 2.45) is 0 Å². The molecule has 1 aromatic heterocycles. The van der Waals surface area contributed by atoms with Crippen LogP contribution < -0.4 is 5.32 Å². The summed E-state index contributed by atoms with van der Waals surface area (Å²) < 4.78 is 29.9. The minimum atomic E-state index is -3.38. The maximum Gasteiger partial charge on any atom is 0.322 e. The Kier molecular flexibility index (Phi) is 6.94. The first kappa shape index (κ1) is 22.0. The van der Waals surface area contributed by atoms with E-state index in [0.717, 1.165) is 11.3 Å². The zero-order valence-corrected chi connectivity index (χ0v) is 18.6. The van der Waals surface area contributed by atoms with Gasteiger partial charge in [-0.15, -0.1) is 16.9 Å². The maximum absolute atomic E-state index is 12.4. The van der Waals surface area contributed by atoms with Gasteiger partial charge < -0.3 is 4.42 Å². The van der Waals surface area contributed by atoms with Crippen LogP contribution in [0.5, 0.6) is 0 Å². The molecule has 0 atom stereocenters. The number of nitrogens with one attached hydrogen (secondary N) is 1. The van der Waals surface area contributed by atoms with E-state index >= 15 is 0 Å². The zero-order chi connectivity index (χ0) is 21.7. The smallest absolute Gasteiger partial charge is 0.322 e. The molecule has 9 heteroatoms. The average molecular weight is 446 g/mol. The Morgan fingerprint density at radius 1 is 1.07 bits per heavy atom. The highest BCUT2D eigenvalue weighted by Crippen LogP contribution is 2.20. The molecule has 0 saturated carbocycles. The summed E-state index contributed by atoms with van der Waals surface area (Å²) in [6.07, 6.45) is 0.460. The van der Waals surface area contributed by atoms with Gasteiger partial charge in [0.1, 0.15) is 0 Å². The molecule has 30 heavy (non-hydrogen) atoms. The quantitative estimate of drug-likeness (QED) is 0.518. The van der Waals surface area contributed by atoms with Crippen LogP contribution in [0, 0.1) is 0 Å². The van der Waals surface area contributed by atoms with E-state index in [1.165, 1.54) is 29.2 Å². The van der Waals surface area contributed by atoms with Crippen molar-refractivity contribution in [1.29, 1.82) is 0 Å². The molecule has 3 aromatic rings. The summed E-state index contributed by atoms with van der Waals surface area (Å²) in [5.41, 5.74) is 1.32. The molecule has 0 spiro atoms. The van der Waals surface area contributed by atoms with Gasteiger partial charge in [0.15, 0.2) is 9.84 Å². The van der Waals surface area contributed by atoms with Crippen molar-refractivity contribution < 1.29 is 17.6 Å². The first-order valence-corrected chi connectivity index (χ1v) is 12.0. The second kappa shape index (κ2) is 9.44. The normalized spacial score (nSPS) is 11.6. The van der Waals surface area contributed by atoms with Crippen molar-refractivity contribution in [2.75, 3.05) is 11.1 Å². The summed E-state index contributed by atoms with van der Waals surface area (Å²) in [4.78, 5) is 13.8. The van der Waals surface area contributed by atoms with Gasteiger partial charge in [0.25, 0.3) is 5.91 Å². The molecule has 0 unspecified atom stereocenters. The molecule has 1 heterocycles. The highest BCUT2D eigenvalue weighted by Gasteiger charge is 2.20. The Morgan fingerprint density at radius 3 is 2.33 bits per heavy atom. The summed E-state index contributed by atoms with van der Waals surface area (Å²) in [7, 11) is -3.38. The molecule has 0 radical (unpaired) electrons. The Balaban J connectivity index is 1.63. The van der Waals surface area contributed by atoms with Gasteiger partial charge in [0.05, 0.1) is 16.6 Å². The van der Waals surface area contributed by atoms with Crippen LogP contribution in [0.3, 0.4) is 0 Å². The number of carbonyl (C=O) groups is 1. The fraction of sp³-hybridized carbons (Fsp3) is 0.286. The third-order valence-corrected chi connectivity index (χ3v) is 7.41. The van der Waals surface area contributed by atoms with Gasteiger partial charge in [-0.2, -0.15) is 0 Å². The van der Waals surface area contributed by atoms with Crippen LogP contribution in [0.2, 0.25) is 0 Å². The average Bonchev–Trinajstić information content (AvgIpc) is 3.16. The van der Waals surface area contributed by atoms with Crippen LogP contribution in [0.15, 0.2) is 62.7 Å². The number of hydrogen-bond acceptors (Lipinski definition) is 7. The summed E-state index contributed by atoms with van der Waals surface area (Å²) in [5.74, 6) is 0.946. The predicted molar refractivity (Wildman–Crippen MR) is 117 cm³/mol. The lowest BCUT2D eigenvalue weighted by atomic mass is 10.1. The van der Waals surface area contributed by atoms with Gasteiger partial charge in [0, 0.05) is 10.5 Å². The van der Waals surface area contributed by atoms with Gasteiger partial charge in [-0.25, -0.2) is 8.42 Å². The molecule has 0 bridgehead atoms. The summed E-state index contributed by atoms with van der Waals surface area (Å²) >= 11 is 1.77. The van der Waals surface area contributed by atoms with E-state index in [0.29, 0.717) is 17.9 Å². The third-order valence-electron chi connectivity index (χ3n) is 4.34. The molecule has 7 nitrogen and oxygen atoms in total. The molecule has 0 aliphatic rings. The van der Waals surface area contributed by atoms with Crippen molar-refractivity contribution in [1.82, 2.24) is 10.2 Å². The number of hydrogen-bond donors (Lipinski definition) is 1. The topological polar surface area (TPSA) is 102 Å². The zero-order valence-electron chi connectivity index (χ0n) is 17.0. The maximum atomic E-state index is 12.4. The second-order valence-electron chi connectivity index (χ2n) is 6.83. The summed E-state index contributed by atoms with van der Waals surface area (Å²) in [6, 6.07) is 13.9. The number of thioether (sulfide) groups is 1. The van der Waals surface area contributed by atoms with E-state index in [2.05, 4.69) is 22.4 Å². The van der Waals surface area contributed by atoms with E-state index in [4.69, 9.17) is 4.42 Å². The predicted octanol–water partition coefficient (Wildman–Crippen LogP) is 4.21. The van der Waals surface area contributed by atoms with Gasteiger partial charge in [-0.05, 0) is 61.6 Å². The number of rotatable bonds is 8. The molecular formula is C21H23N3O4S2. The highest BCUT2D eigenvalue weighted by atomic mass is 32.2. The Morgan fingerprint density at radius 2 is 1.73 bits per heavy atom. The second-order valence-corrected chi connectivity index (χ2v) is 10.7. The van der Waals surface area contributed by atoms with E-state index in [-0.39, 0.29) is 10.9 Å². The van der Waals surface area contributed by atoms with Crippen LogP contribution in [-0.2, 0) is 16.3 Å². The monoisotopic (exact) mass is 445 g/mol. The van der Waals surface area contributed by atoms with Gasteiger partial charge in [-0.1, -0.05) is 24.2 Å². The Labute approximate surface area is 180 Å². The standard InChI is InChI=1S/C21H23N3O4S2/c1-4-29-17-9-5-15(6-10-17)13-19-23-24-21(28-19)22-20(25)16-7-11-18(12-8-16)30(26,27)14(2)3/h5-12,14H,4,13H2,1-3H3,(H,22,24,25). The molecule has 1 amide bonds. The fourth-order valence-electron chi connectivity index (χ4n) is 2.66. The van der Waals surface area contributed by atoms with Gasteiger partial charge in [-0.3, -0.25) is 10.1 Å². The number of anilines is 1. The molecule has 1 N–H and O–H groups in total. The van der Waals surface area contributed by atoms with E-state index < -0.39 is 21.0 Å². The largest absolute Gasteiger partial charge is 0.407 e. The third kappa shape index (κ3) is 5.28. The fourth-order valence-corrected chi connectivity index (χ4v) is 4.38. The van der Waals surface area contributed by atoms with Crippen molar-refractivity contribution >= 4 is 33.5 Å². The number of nitrogens with zero attached hydrogens (tertiary/aromatic N) is 2. The lowest BCUT2D eigenvalue weighted by molar-refractivity contribution is 0.102. The van der Waals surface area contributed by atoms with E-state index in [1.54, 1.807) is 25.6 Å². The molecule has 158 valence electrons. The molecular weight excluding hydrogens is 422 g/mol. The number of aromatic nitrogens is 2. The highest BCUT2D eigenvalue weighted by molar-refractivity contribution is 7.99. The van der Waals surface area contributed by atoms with Crippen LogP contribution >= 0.6 is 11.8 Å². The van der Waals surface area contributed by atoms with Crippen molar-refractivity contribution in [3.05, 3.63) is 65.5 Å². The molecule has 3 rings (SSSR count). The van der Waals surface area contributed by atoms with Crippen molar-refractivity contribution in [3.8, 4) is 0 Å². The summed E-state index contributed by atoms with van der Waals surface area (Å²) in [6.45, 7) is 5.33. The van der Waals surface area contributed by atoms with E-state index in [9.17, 15) is 13.2 Å². The van der Waals surface area contributed by atoms with Crippen LogP contribution in [0.1, 0.15) is 42.6 Å². The molecule has 0 saturated heterocycles. The number of amides is 1. The van der Waals surface area contributed by atoms with Crippen LogP contribution in [-0.4, -0.2) is 35.5 Å². The van der Waals surface area contributed by atoms with Crippen LogP contribution in [0.25, 0.3) is 0 Å². The molecule has 2 aromatic carbocycles. The van der Waals surface area contributed by atoms with Gasteiger partial charge >= 0.3 is 6.01 Å². The summed E-state index contributed by atoms with van der Waals surface area (Å²) in [5, 5.41) is 9.83. The number of benzene rings is 2. The van der Waals surface area contributed by atoms with Crippen LogP contribution in [0.4, 0.5) is 6.01 Å². The molecule has 0 aliphatic heterocycles. The minimum absolute atomic E-state index is 0.00737. The molecule has 0 aliphatic carbocycles. The SMILES string of the molecule is CCSc1ccc(Cc2nnc(NC(=O)c3ccc(S(=O)(=O)C(C)C)cc3)o2)cc1. The first-order valence-electron chi connectivity index (χ1n) is 9.49.